The quantitative estimate of drug-likeness (QED) is 0.586. The molecule has 18 heavy (non-hydrogen) atoms. The maximum absolute atomic E-state index is 5.82. The van der Waals surface area contributed by atoms with Crippen LogP contribution in [0.1, 0.15) is 42.9 Å². The minimum absolute atomic E-state index is 0.557. The lowest BCUT2D eigenvalue weighted by Crippen LogP contribution is -2.20. The van der Waals surface area contributed by atoms with E-state index < -0.39 is 0 Å². The molecule has 0 bridgehead atoms. The van der Waals surface area contributed by atoms with Crippen LogP contribution in [-0.4, -0.2) is 18.6 Å². The summed E-state index contributed by atoms with van der Waals surface area (Å²) in [7, 11) is 0. The van der Waals surface area contributed by atoms with Crippen molar-refractivity contribution in [3.05, 3.63) is 29.3 Å². The highest BCUT2D eigenvalue weighted by Crippen LogP contribution is 2.32. The van der Waals surface area contributed by atoms with Gasteiger partial charge in [0.1, 0.15) is 0 Å². The van der Waals surface area contributed by atoms with Crippen LogP contribution >= 0.6 is 11.8 Å². The second-order valence-electron chi connectivity index (χ2n) is 5.06. The lowest BCUT2D eigenvalue weighted by atomic mass is 10.1. The molecule has 0 saturated carbocycles. The Morgan fingerprint density at radius 3 is 3.06 bits per heavy atom. The summed E-state index contributed by atoms with van der Waals surface area (Å²) < 4.78 is 0. The van der Waals surface area contributed by atoms with E-state index in [9.17, 15) is 0 Å². The first-order valence-electron chi connectivity index (χ1n) is 6.92. The van der Waals surface area contributed by atoms with Crippen LogP contribution in [0.4, 0.5) is 5.69 Å². The number of fused-ring (bicyclic) bond motifs is 1. The monoisotopic (exact) mass is 264 g/mol. The van der Waals surface area contributed by atoms with Crippen LogP contribution in [0, 0.1) is 0 Å². The van der Waals surface area contributed by atoms with Crippen molar-refractivity contribution in [3.8, 4) is 0 Å². The van der Waals surface area contributed by atoms with Gasteiger partial charge in [-0.15, -0.1) is 0 Å². The Labute approximate surface area is 115 Å². The third-order valence-electron chi connectivity index (χ3n) is 3.66. The highest BCUT2D eigenvalue weighted by atomic mass is 32.2. The largest absolute Gasteiger partial charge is 0.399 e. The Morgan fingerprint density at radius 1 is 1.33 bits per heavy atom. The molecule has 3 heteroatoms. The summed E-state index contributed by atoms with van der Waals surface area (Å²) in [6.07, 6.45) is 8.56. The van der Waals surface area contributed by atoms with E-state index in [1.165, 1.54) is 49.0 Å². The Kier molecular flexibility index (Phi) is 5.39. The zero-order chi connectivity index (χ0) is 12.8. The molecule has 0 saturated heterocycles. The fourth-order valence-corrected chi connectivity index (χ4v) is 3.17. The lowest BCUT2D eigenvalue weighted by molar-refractivity contribution is 0.511. The van der Waals surface area contributed by atoms with E-state index in [4.69, 9.17) is 5.73 Å². The first-order chi connectivity index (χ1) is 8.81. The third-order valence-corrected chi connectivity index (χ3v) is 4.36. The Hall–Kier alpha value is -0.670. The van der Waals surface area contributed by atoms with Gasteiger partial charge in [-0.25, -0.2) is 0 Å². The maximum atomic E-state index is 5.82. The van der Waals surface area contributed by atoms with Crippen molar-refractivity contribution in [1.82, 2.24) is 5.32 Å². The summed E-state index contributed by atoms with van der Waals surface area (Å²) >= 11 is 1.94. The summed E-state index contributed by atoms with van der Waals surface area (Å²) in [5.41, 5.74) is 9.62. The zero-order valence-corrected chi connectivity index (χ0v) is 12.1. The molecular weight excluding hydrogens is 240 g/mol. The molecule has 1 atom stereocenters. The molecule has 1 aromatic rings. The first kappa shape index (κ1) is 13.8. The Bertz CT molecular complexity index is 379. The second-order valence-corrected chi connectivity index (χ2v) is 6.04. The maximum Gasteiger partial charge on any atom is 0.0326 e. The number of nitrogens with two attached hydrogens (primary N) is 1. The average Bonchev–Trinajstić information content (AvgIpc) is 2.76. The summed E-state index contributed by atoms with van der Waals surface area (Å²) in [5.74, 6) is 1.30. The van der Waals surface area contributed by atoms with Gasteiger partial charge in [-0.1, -0.05) is 12.5 Å². The van der Waals surface area contributed by atoms with Gasteiger partial charge in [0.25, 0.3) is 0 Å². The molecule has 100 valence electrons. The molecule has 1 aliphatic carbocycles. The van der Waals surface area contributed by atoms with Gasteiger partial charge in [-0.3, -0.25) is 0 Å². The average molecular weight is 264 g/mol. The molecular formula is C15H24N2S. The summed E-state index contributed by atoms with van der Waals surface area (Å²) in [6.45, 7) is 1.14. The Balaban J connectivity index is 1.73. The van der Waals surface area contributed by atoms with Gasteiger partial charge < -0.3 is 11.1 Å². The van der Waals surface area contributed by atoms with E-state index in [0.29, 0.717) is 6.04 Å². The van der Waals surface area contributed by atoms with Crippen LogP contribution in [0.2, 0.25) is 0 Å². The number of hydrogen-bond donors (Lipinski definition) is 2. The number of aryl methyl sites for hydroxylation is 1. The van der Waals surface area contributed by atoms with Crippen molar-refractivity contribution in [2.24, 2.45) is 0 Å². The molecule has 0 radical (unpaired) electrons. The summed E-state index contributed by atoms with van der Waals surface area (Å²) in [4.78, 5) is 0. The van der Waals surface area contributed by atoms with E-state index in [1.807, 2.05) is 17.8 Å². The van der Waals surface area contributed by atoms with Crippen LogP contribution in [0.25, 0.3) is 0 Å². The summed E-state index contributed by atoms with van der Waals surface area (Å²) in [5, 5.41) is 3.69. The van der Waals surface area contributed by atoms with Crippen LogP contribution in [0.15, 0.2) is 18.2 Å². The molecule has 0 aromatic heterocycles. The van der Waals surface area contributed by atoms with Crippen molar-refractivity contribution in [1.29, 1.82) is 0 Å². The lowest BCUT2D eigenvalue weighted by Gasteiger charge is -2.14. The SMILES string of the molecule is CSCCCCCNC1CCc2cc(N)ccc21. The molecule has 1 aromatic carbocycles. The second kappa shape index (κ2) is 7.05. The van der Waals surface area contributed by atoms with Crippen LogP contribution < -0.4 is 11.1 Å². The van der Waals surface area contributed by atoms with Crippen molar-refractivity contribution < 1.29 is 0 Å². The fraction of sp³-hybridized carbons (Fsp3) is 0.600. The minimum atomic E-state index is 0.557. The molecule has 0 fully saturated rings. The third kappa shape index (κ3) is 3.66. The molecule has 0 aliphatic heterocycles. The number of thioether (sulfide) groups is 1. The van der Waals surface area contributed by atoms with Crippen molar-refractivity contribution in [2.75, 3.05) is 24.3 Å². The topological polar surface area (TPSA) is 38.0 Å². The predicted octanol–water partition coefficient (Wildman–Crippen LogP) is 3.38. The number of anilines is 1. The van der Waals surface area contributed by atoms with Crippen LogP contribution in [0.5, 0.6) is 0 Å². The minimum Gasteiger partial charge on any atom is -0.399 e. The fourth-order valence-electron chi connectivity index (χ4n) is 2.67. The van der Waals surface area contributed by atoms with E-state index in [0.717, 1.165) is 12.2 Å². The van der Waals surface area contributed by atoms with Gasteiger partial charge in [0.2, 0.25) is 0 Å². The molecule has 0 spiro atoms. The number of rotatable bonds is 7. The van der Waals surface area contributed by atoms with E-state index in [1.54, 1.807) is 0 Å². The molecule has 1 unspecified atom stereocenters. The van der Waals surface area contributed by atoms with Crippen molar-refractivity contribution >= 4 is 17.4 Å². The highest BCUT2D eigenvalue weighted by Gasteiger charge is 2.21. The van der Waals surface area contributed by atoms with Crippen LogP contribution in [0.3, 0.4) is 0 Å². The standard InChI is InChI=1S/C15H24N2S/c1-18-10-4-2-3-9-17-15-8-5-12-11-13(16)6-7-14(12)15/h6-7,11,15,17H,2-5,8-10,16H2,1H3. The smallest absolute Gasteiger partial charge is 0.0326 e. The van der Waals surface area contributed by atoms with Gasteiger partial charge in [-0.05, 0) is 67.5 Å². The molecule has 1 aliphatic rings. The van der Waals surface area contributed by atoms with Gasteiger partial charge in [0, 0.05) is 11.7 Å². The molecule has 0 amide bonds. The number of benzene rings is 1. The highest BCUT2D eigenvalue weighted by molar-refractivity contribution is 7.98. The number of nitrogens with one attached hydrogen (secondary N) is 1. The van der Waals surface area contributed by atoms with E-state index in [-0.39, 0.29) is 0 Å². The van der Waals surface area contributed by atoms with Crippen molar-refractivity contribution in [3.63, 3.8) is 0 Å². The van der Waals surface area contributed by atoms with Crippen molar-refractivity contribution in [2.45, 2.75) is 38.1 Å². The van der Waals surface area contributed by atoms with Gasteiger partial charge >= 0.3 is 0 Å². The number of nitrogen functional groups attached to an aromatic ring is 1. The number of unbranched alkanes of at least 4 members (excludes halogenated alkanes) is 2. The molecule has 2 rings (SSSR count). The van der Waals surface area contributed by atoms with Crippen LogP contribution in [-0.2, 0) is 6.42 Å². The molecule has 3 N–H and O–H groups in total. The first-order valence-corrected chi connectivity index (χ1v) is 8.31. The Morgan fingerprint density at radius 2 is 2.22 bits per heavy atom. The normalized spacial score (nSPS) is 17.9. The van der Waals surface area contributed by atoms with Gasteiger partial charge in [0.05, 0.1) is 0 Å². The molecule has 0 heterocycles. The van der Waals surface area contributed by atoms with E-state index >= 15 is 0 Å². The predicted molar refractivity (Wildman–Crippen MR) is 82.2 cm³/mol. The summed E-state index contributed by atoms with van der Waals surface area (Å²) in [6, 6.07) is 6.91. The van der Waals surface area contributed by atoms with Gasteiger partial charge in [-0.2, -0.15) is 11.8 Å². The zero-order valence-electron chi connectivity index (χ0n) is 11.2. The molecule has 2 nitrogen and oxygen atoms in total. The number of hydrogen-bond acceptors (Lipinski definition) is 3. The van der Waals surface area contributed by atoms with E-state index in [2.05, 4.69) is 23.7 Å². The van der Waals surface area contributed by atoms with Gasteiger partial charge in [0.15, 0.2) is 0 Å².